The van der Waals surface area contributed by atoms with Gasteiger partial charge in [-0.05, 0) is 44.5 Å². The highest BCUT2D eigenvalue weighted by Crippen LogP contribution is 2.25. The van der Waals surface area contributed by atoms with Crippen molar-refractivity contribution in [2.24, 2.45) is 7.05 Å². The van der Waals surface area contributed by atoms with Crippen LogP contribution in [0.2, 0.25) is 0 Å². The predicted octanol–water partition coefficient (Wildman–Crippen LogP) is 1.88. The molecule has 2 heterocycles. The molecule has 0 amide bonds. The molecule has 1 aromatic carbocycles. The van der Waals surface area contributed by atoms with Crippen LogP contribution in [-0.2, 0) is 27.1 Å². The fourth-order valence-electron chi connectivity index (χ4n) is 3.36. The first-order valence-corrected chi connectivity index (χ1v) is 12.5. The Labute approximate surface area is 174 Å². The maximum Gasteiger partial charge on any atom is 0.246 e. The third kappa shape index (κ3) is 3.90. The topological polar surface area (TPSA) is 92.6 Å². The Bertz CT molecular complexity index is 1080. The second kappa shape index (κ2) is 7.86. The Morgan fingerprint density at radius 3 is 1.93 bits per heavy atom. The maximum absolute atomic E-state index is 13.2. The van der Waals surface area contributed by atoms with Crippen molar-refractivity contribution in [3.63, 3.8) is 0 Å². The molecule has 0 unspecified atom stereocenters. The van der Waals surface area contributed by atoms with Gasteiger partial charge < -0.3 is 0 Å². The summed E-state index contributed by atoms with van der Waals surface area (Å²) in [7, 11) is -5.71. The zero-order chi connectivity index (χ0) is 20.7. The van der Waals surface area contributed by atoms with Crippen molar-refractivity contribution < 1.29 is 16.8 Å². The molecule has 0 atom stereocenters. The van der Waals surface area contributed by atoms with Crippen molar-refractivity contribution in [2.45, 2.75) is 30.1 Å². The van der Waals surface area contributed by atoms with E-state index in [9.17, 15) is 16.8 Å². The highest BCUT2D eigenvalue weighted by molar-refractivity contribution is 9.10. The van der Waals surface area contributed by atoms with Gasteiger partial charge in [0.25, 0.3) is 0 Å². The van der Waals surface area contributed by atoms with Gasteiger partial charge in [0.05, 0.1) is 16.3 Å². The fraction of sp³-hybridized carbons (Fsp3) is 0.471. The third-order valence-corrected chi connectivity index (χ3v) is 9.50. The second-order valence-corrected chi connectivity index (χ2v) is 11.5. The molecular formula is C17H23BrN4O4S2. The molecule has 0 radical (unpaired) electrons. The van der Waals surface area contributed by atoms with Crippen LogP contribution in [0, 0.1) is 13.8 Å². The van der Waals surface area contributed by atoms with Gasteiger partial charge in [0.1, 0.15) is 4.90 Å². The van der Waals surface area contributed by atoms with Crippen LogP contribution in [0.15, 0.2) is 38.5 Å². The molecule has 0 aliphatic carbocycles. The molecule has 1 saturated heterocycles. The van der Waals surface area contributed by atoms with Crippen LogP contribution >= 0.6 is 15.9 Å². The molecule has 154 valence electrons. The molecule has 28 heavy (non-hydrogen) atoms. The third-order valence-electron chi connectivity index (χ3n) is 4.91. The van der Waals surface area contributed by atoms with E-state index in [1.54, 1.807) is 49.8 Å². The van der Waals surface area contributed by atoms with Crippen LogP contribution in [-0.4, -0.2) is 61.4 Å². The van der Waals surface area contributed by atoms with Crippen molar-refractivity contribution in [1.29, 1.82) is 0 Å². The van der Waals surface area contributed by atoms with Crippen LogP contribution < -0.4 is 0 Å². The van der Waals surface area contributed by atoms with Crippen LogP contribution in [0.5, 0.6) is 0 Å². The summed E-state index contributed by atoms with van der Waals surface area (Å²) in [4.78, 5) is 0.408. The monoisotopic (exact) mass is 490 g/mol. The Kier molecular flexibility index (Phi) is 6.02. The number of benzene rings is 1. The number of hydrogen-bond acceptors (Lipinski definition) is 5. The van der Waals surface area contributed by atoms with E-state index in [0.717, 1.165) is 4.47 Å². The lowest BCUT2D eigenvalue weighted by atomic mass is 10.4. The molecule has 11 heteroatoms. The Morgan fingerprint density at radius 1 is 0.893 bits per heavy atom. The maximum atomic E-state index is 13.2. The van der Waals surface area contributed by atoms with Crippen LogP contribution in [0.1, 0.15) is 17.8 Å². The summed E-state index contributed by atoms with van der Waals surface area (Å²) >= 11 is 3.30. The number of nitrogens with zero attached hydrogens (tertiary/aromatic N) is 4. The number of aryl methyl sites for hydroxylation is 2. The first kappa shape index (κ1) is 21.4. The van der Waals surface area contributed by atoms with Crippen LogP contribution in [0.4, 0.5) is 0 Å². The number of hydrogen-bond donors (Lipinski definition) is 0. The van der Waals surface area contributed by atoms with Gasteiger partial charge in [0.2, 0.25) is 20.0 Å². The lowest BCUT2D eigenvalue weighted by Crippen LogP contribution is -2.37. The van der Waals surface area contributed by atoms with E-state index in [1.807, 2.05) is 0 Å². The molecule has 0 N–H and O–H groups in total. The van der Waals surface area contributed by atoms with Gasteiger partial charge in [-0.15, -0.1) is 0 Å². The Morgan fingerprint density at radius 2 is 1.43 bits per heavy atom. The molecule has 0 bridgehead atoms. The summed E-state index contributed by atoms with van der Waals surface area (Å²) in [6.07, 6.45) is 0.424. The molecule has 0 spiro atoms. The standard InChI is InChI=1S/C17H23BrN4O4S2/c1-13-17(14(2)20(3)19-13)28(25,26)22-10-4-9-21(11-12-22)27(23,24)16-7-5-15(18)6-8-16/h5-8H,4,9-12H2,1-3H3. The van der Waals surface area contributed by atoms with Gasteiger partial charge in [0, 0.05) is 37.7 Å². The SMILES string of the molecule is Cc1nn(C)c(C)c1S(=O)(=O)N1CCCN(S(=O)(=O)c2ccc(Br)cc2)CC1. The van der Waals surface area contributed by atoms with Crippen molar-refractivity contribution in [1.82, 2.24) is 18.4 Å². The lowest BCUT2D eigenvalue weighted by Gasteiger charge is -2.22. The molecular weight excluding hydrogens is 468 g/mol. The van der Waals surface area contributed by atoms with Gasteiger partial charge in [0.15, 0.2) is 0 Å². The molecule has 1 fully saturated rings. The van der Waals surface area contributed by atoms with E-state index in [-0.39, 0.29) is 36.0 Å². The van der Waals surface area contributed by atoms with Gasteiger partial charge in [-0.1, -0.05) is 15.9 Å². The first-order valence-electron chi connectivity index (χ1n) is 8.81. The van der Waals surface area contributed by atoms with Crippen molar-refractivity contribution in [2.75, 3.05) is 26.2 Å². The zero-order valence-electron chi connectivity index (χ0n) is 16.0. The zero-order valence-corrected chi connectivity index (χ0v) is 19.2. The molecule has 0 saturated carbocycles. The van der Waals surface area contributed by atoms with E-state index in [1.165, 1.54) is 8.61 Å². The predicted molar refractivity (Wildman–Crippen MR) is 109 cm³/mol. The largest absolute Gasteiger partial charge is 0.271 e. The average molecular weight is 491 g/mol. The summed E-state index contributed by atoms with van der Waals surface area (Å²) in [5.41, 5.74) is 1.02. The molecule has 8 nitrogen and oxygen atoms in total. The van der Waals surface area contributed by atoms with E-state index < -0.39 is 20.0 Å². The summed E-state index contributed by atoms with van der Waals surface area (Å²) in [5, 5.41) is 4.20. The van der Waals surface area contributed by atoms with Crippen molar-refractivity contribution in [3.8, 4) is 0 Å². The minimum absolute atomic E-state index is 0.103. The summed E-state index contributed by atoms with van der Waals surface area (Å²) < 4.78 is 57.2. The van der Waals surface area contributed by atoms with E-state index >= 15 is 0 Å². The number of halogens is 1. The van der Waals surface area contributed by atoms with E-state index in [0.29, 0.717) is 17.8 Å². The van der Waals surface area contributed by atoms with E-state index in [4.69, 9.17) is 0 Å². The summed E-state index contributed by atoms with van der Waals surface area (Å²) in [5.74, 6) is 0. The number of aromatic nitrogens is 2. The normalized spacial score (nSPS) is 17.6. The van der Waals surface area contributed by atoms with Crippen LogP contribution in [0.25, 0.3) is 0 Å². The Balaban J connectivity index is 1.84. The molecule has 2 aromatic rings. The molecule has 1 aromatic heterocycles. The Hall–Kier alpha value is -1.27. The quantitative estimate of drug-likeness (QED) is 0.652. The minimum Gasteiger partial charge on any atom is -0.271 e. The van der Waals surface area contributed by atoms with E-state index in [2.05, 4.69) is 21.0 Å². The summed E-state index contributed by atoms with van der Waals surface area (Å²) in [6, 6.07) is 6.44. The van der Waals surface area contributed by atoms with Crippen molar-refractivity contribution in [3.05, 3.63) is 40.1 Å². The van der Waals surface area contributed by atoms with Crippen molar-refractivity contribution >= 4 is 36.0 Å². The fourth-order valence-corrected chi connectivity index (χ4v) is 6.97. The number of sulfonamides is 2. The second-order valence-electron chi connectivity index (χ2n) is 6.74. The highest BCUT2D eigenvalue weighted by atomic mass is 79.9. The molecule has 3 rings (SSSR count). The van der Waals surface area contributed by atoms with Crippen LogP contribution in [0.3, 0.4) is 0 Å². The molecule has 1 aliphatic rings. The first-order chi connectivity index (χ1) is 13.0. The van der Waals surface area contributed by atoms with Gasteiger partial charge in [-0.3, -0.25) is 4.68 Å². The number of rotatable bonds is 4. The van der Waals surface area contributed by atoms with Gasteiger partial charge in [-0.2, -0.15) is 13.7 Å². The van der Waals surface area contributed by atoms with Gasteiger partial charge in [-0.25, -0.2) is 16.8 Å². The lowest BCUT2D eigenvalue weighted by molar-refractivity contribution is 0.404. The molecule has 1 aliphatic heterocycles. The average Bonchev–Trinajstić information content (AvgIpc) is 2.81. The highest BCUT2D eigenvalue weighted by Gasteiger charge is 2.34. The minimum atomic E-state index is -3.74. The summed E-state index contributed by atoms with van der Waals surface area (Å²) in [6.45, 7) is 4.14. The smallest absolute Gasteiger partial charge is 0.246 e. The van der Waals surface area contributed by atoms with Gasteiger partial charge >= 0.3 is 0 Å².